The molecule has 1 aromatic rings. The van der Waals surface area contributed by atoms with Crippen LogP contribution in [0.15, 0.2) is 33.6 Å². The third kappa shape index (κ3) is 3.27. The first-order valence-corrected chi connectivity index (χ1v) is 4.86. The molecule has 0 radical (unpaired) electrons. The number of hydrogen-bond donors (Lipinski definition) is 0. The fourth-order valence-electron chi connectivity index (χ4n) is 0.706. The topological polar surface area (TPSA) is 3.24 Å². The van der Waals surface area contributed by atoms with Crippen LogP contribution in [-0.2, 0) is 0 Å². The molecule has 0 spiro atoms. The number of halogens is 1. The Hall–Kier alpha value is 0.01000. The molecule has 0 unspecified atom stereocenters. The van der Waals surface area contributed by atoms with Crippen molar-refractivity contribution in [1.29, 1.82) is 0 Å². The summed E-state index contributed by atoms with van der Waals surface area (Å²) < 4.78 is 3.20. The first-order chi connectivity index (χ1) is 5.18. The van der Waals surface area contributed by atoms with Crippen LogP contribution in [0.25, 0.3) is 0 Å². The Balaban J connectivity index is 2.66. The molecule has 1 rings (SSSR count). The molecule has 0 aliphatic carbocycles. The van der Waals surface area contributed by atoms with Gasteiger partial charge in [0.05, 0.1) is 0 Å². The van der Waals surface area contributed by atoms with Gasteiger partial charge in [-0.15, -0.1) is 0 Å². The van der Waals surface area contributed by atoms with Crippen LogP contribution in [0, 0.1) is 0 Å². The minimum Gasteiger partial charge on any atom is -0.253 e. The van der Waals surface area contributed by atoms with E-state index in [1.807, 2.05) is 26.2 Å². The van der Waals surface area contributed by atoms with Gasteiger partial charge >= 0.3 is 0 Å². The summed E-state index contributed by atoms with van der Waals surface area (Å²) in [5.41, 5.74) is 0. The fourth-order valence-corrected chi connectivity index (χ4v) is 1.65. The van der Waals surface area contributed by atoms with Crippen molar-refractivity contribution in [2.24, 2.45) is 0 Å². The molecule has 0 aliphatic heterocycles. The highest BCUT2D eigenvalue weighted by Crippen LogP contribution is 2.21. The molecular formula is C8H10BrNS. The van der Waals surface area contributed by atoms with Gasteiger partial charge in [-0.1, -0.05) is 15.9 Å². The first kappa shape index (κ1) is 9.10. The van der Waals surface area contributed by atoms with Crippen LogP contribution < -0.4 is 0 Å². The maximum atomic E-state index is 3.39. The summed E-state index contributed by atoms with van der Waals surface area (Å²) in [4.78, 5) is 1.26. The van der Waals surface area contributed by atoms with E-state index in [0.717, 1.165) is 4.47 Å². The minimum atomic E-state index is 1.13. The van der Waals surface area contributed by atoms with Crippen molar-refractivity contribution in [2.75, 3.05) is 14.1 Å². The summed E-state index contributed by atoms with van der Waals surface area (Å²) in [6.07, 6.45) is 0. The lowest BCUT2D eigenvalue weighted by atomic mass is 10.4. The van der Waals surface area contributed by atoms with E-state index >= 15 is 0 Å². The van der Waals surface area contributed by atoms with Crippen molar-refractivity contribution in [3.05, 3.63) is 28.7 Å². The van der Waals surface area contributed by atoms with E-state index in [1.165, 1.54) is 4.90 Å². The van der Waals surface area contributed by atoms with Crippen molar-refractivity contribution in [1.82, 2.24) is 4.31 Å². The minimum absolute atomic E-state index is 1.13. The molecule has 0 amide bonds. The molecule has 0 bridgehead atoms. The Morgan fingerprint density at radius 1 is 1.18 bits per heavy atom. The molecular weight excluding hydrogens is 222 g/mol. The predicted octanol–water partition coefficient (Wildman–Crippen LogP) is 3.02. The highest BCUT2D eigenvalue weighted by Gasteiger charge is 1.94. The van der Waals surface area contributed by atoms with Crippen molar-refractivity contribution >= 4 is 27.9 Å². The highest BCUT2D eigenvalue weighted by molar-refractivity contribution is 9.10. The molecule has 0 heterocycles. The standard InChI is InChI=1S/C8H10BrNS/c1-10(2)11-8-5-3-7(9)4-6-8/h3-6H,1-2H3. The van der Waals surface area contributed by atoms with Crippen LogP contribution in [0.4, 0.5) is 0 Å². The van der Waals surface area contributed by atoms with Crippen LogP contribution in [0.1, 0.15) is 0 Å². The lowest BCUT2D eigenvalue weighted by molar-refractivity contribution is 0.702. The van der Waals surface area contributed by atoms with E-state index < -0.39 is 0 Å². The van der Waals surface area contributed by atoms with E-state index in [1.54, 1.807) is 11.9 Å². The van der Waals surface area contributed by atoms with Crippen LogP contribution in [0.2, 0.25) is 0 Å². The average molecular weight is 232 g/mol. The largest absolute Gasteiger partial charge is 0.253 e. The van der Waals surface area contributed by atoms with Crippen LogP contribution in [0.5, 0.6) is 0 Å². The average Bonchev–Trinajstić information content (AvgIpc) is 1.93. The van der Waals surface area contributed by atoms with Gasteiger partial charge in [-0.05, 0) is 50.3 Å². The molecule has 3 heteroatoms. The fraction of sp³-hybridized carbons (Fsp3) is 0.250. The molecule has 0 atom stereocenters. The molecule has 1 nitrogen and oxygen atoms in total. The Morgan fingerprint density at radius 3 is 2.18 bits per heavy atom. The Bertz CT molecular complexity index is 220. The summed E-state index contributed by atoms with van der Waals surface area (Å²) in [5, 5.41) is 0. The Labute approximate surface area is 80.0 Å². The van der Waals surface area contributed by atoms with Crippen molar-refractivity contribution < 1.29 is 0 Å². The van der Waals surface area contributed by atoms with Gasteiger partial charge < -0.3 is 0 Å². The van der Waals surface area contributed by atoms with Gasteiger partial charge in [0.2, 0.25) is 0 Å². The molecule has 0 N–H and O–H groups in total. The van der Waals surface area contributed by atoms with Gasteiger partial charge in [0, 0.05) is 9.37 Å². The Morgan fingerprint density at radius 2 is 1.73 bits per heavy atom. The summed E-state index contributed by atoms with van der Waals surface area (Å²) in [6, 6.07) is 8.28. The van der Waals surface area contributed by atoms with Gasteiger partial charge in [-0.3, -0.25) is 4.31 Å². The van der Waals surface area contributed by atoms with E-state index in [0.29, 0.717) is 0 Å². The van der Waals surface area contributed by atoms with Gasteiger partial charge in [0.15, 0.2) is 0 Å². The quantitative estimate of drug-likeness (QED) is 0.721. The smallest absolute Gasteiger partial charge is 0.0230 e. The number of benzene rings is 1. The molecule has 0 saturated heterocycles. The van der Waals surface area contributed by atoms with E-state index in [2.05, 4.69) is 32.4 Å². The maximum Gasteiger partial charge on any atom is 0.0230 e. The molecule has 1 aromatic carbocycles. The van der Waals surface area contributed by atoms with Crippen molar-refractivity contribution in [3.8, 4) is 0 Å². The number of nitrogens with zero attached hydrogens (tertiary/aromatic N) is 1. The van der Waals surface area contributed by atoms with Gasteiger partial charge in [-0.2, -0.15) is 0 Å². The Kier molecular flexibility index (Phi) is 3.43. The first-order valence-electron chi connectivity index (χ1n) is 3.29. The summed E-state index contributed by atoms with van der Waals surface area (Å²) >= 11 is 5.11. The molecule has 0 aromatic heterocycles. The van der Waals surface area contributed by atoms with Crippen LogP contribution in [-0.4, -0.2) is 18.4 Å². The maximum absolute atomic E-state index is 3.39. The van der Waals surface area contributed by atoms with E-state index in [-0.39, 0.29) is 0 Å². The third-order valence-corrected chi connectivity index (χ3v) is 2.48. The molecule has 0 fully saturated rings. The molecule has 0 saturated carbocycles. The van der Waals surface area contributed by atoms with Gasteiger partial charge in [-0.25, -0.2) is 0 Å². The lowest BCUT2D eigenvalue weighted by Crippen LogP contribution is -1.98. The predicted molar refractivity (Wildman–Crippen MR) is 53.7 cm³/mol. The molecule has 60 valence electrons. The zero-order valence-electron chi connectivity index (χ0n) is 6.54. The summed E-state index contributed by atoms with van der Waals surface area (Å²) in [7, 11) is 4.07. The monoisotopic (exact) mass is 231 g/mol. The van der Waals surface area contributed by atoms with E-state index in [4.69, 9.17) is 0 Å². The number of rotatable bonds is 2. The van der Waals surface area contributed by atoms with Gasteiger partial charge in [0.25, 0.3) is 0 Å². The highest BCUT2D eigenvalue weighted by atomic mass is 79.9. The zero-order valence-corrected chi connectivity index (χ0v) is 8.95. The lowest BCUT2D eigenvalue weighted by Gasteiger charge is -2.07. The van der Waals surface area contributed by atoms with Crippen molar-refractivity contribution in [3.63, 3.8) is 0 Å². The second-order valence-corrected chi connectivity index (χ2v) is 4.66. The second-order valence-electron chi connectivity index (χ2n) is 2.36. The van der Waals surface area contributed by atoms with E-state index in [9.17, 15) is 0 Å². The van der Waals surface area contributed by atoms with Gasteiger partial charge in [0.1, 0.15) is 0 Å². The molecule has 0 aliphatic rings. The van der Waals surface area contributed by atoms with Crippen molar-refractivity contribution in [2.45, 2.75) is 4.90 Å². The third-order valence-electron chi connectivity index (χ3n) is 1.10. The van der Waals surface area contributed by atoms with Crippen LogP contribution >= 0.6 is 27.9 Å². The summed E-state index contributed by atoms with van der Waals surface area (Å²) in [5.74, 6) is 0. The SMILES string of the molecule is CN(C)Sc1ccc(Br)cc1. The molecule has 11 heavy (non-hydrogen) atoms. The zero-order chi connectivity index (χ0) is 8.27. The summed E-state index contributed by atoms with van der Waals surface area (Å²) in [6.45, 7) is 0. The van der Waals surface area contributed by atoms with Crippen LogP contribution in [0.3, 0.4) is 0 Å². The second kappa shape index (κ2) is 4.14. The number of hydrogen-bond acceptors (Lipinski definition) is 2. The normalized spacial score (nSPS) is 10.5.